The van der Waals surface area contributed by atoms with Crippen LogP contribution in [0.4, 0.5) is 5.69 Å². The summed E-state index contributed by atoms with van der Waals surface area (Å²) in [5, 5.41) is 5.70. The molecule has 2 N–H and O–H groups in total. The maximum absolute atomic E-state index is 13.7. The summed E-state index contributed by atoms with van der Waals surface area (Å²) in [5.41, 5.74) is 0.464. The molecule has 190 valence electrons. The van der Waals surface area contributed by atoms with Crippen LogP contribution in [-0.2, 0) is 9.59 Å². The van der Waals surface area contributed by atoms with Gasteiger partial charge in [0.2, 0.25) is 5.91 Å². The number of aryl methyl sites for hydroxylation is 1. The quantitative estimate of drug-likeness (QED) is 0.463. The highest BCUT2D eigenvalue weighted by Crippen LogP contribution is 2.31. The standard InChI is InChI=1S/C27H31N3O6/c1-18-10-15-22(36-18)25(27(33)29-19-7-4-3-5-8-19)30(20-11-13-21(34-2)14-12-20)24(31)17-28-26(32)23-9-6-16-35-23/h6,9-16,19,25H,3-5,7-8,17H2,1-2H3,(H,28,32)(H,29,33)/t25-/m0/s1. The van der Waals surface area contributed by atoms with Crippen molar-refractivity contribution in [3.05, 3.63) is 72.1 Å². The Morgan fingerprint density at radius 1 is 1.06 bits per heavy atom. The maximum Gasteiger partial charge on any atom is 0.287 e. The van der Waals surface area contributed by atoms with Gasteiger partial charge in [-0.25, -0.2) is 0 Å². The van der Waals surface area contributed by atoms with Crippen molar-refractivity contribution >= 4 is 23.4 Å². The zero-order valence-electron chi connectivity index (χ0n) is 20.5. The predicted molar refractivity (Wildman–Crippen MR) is 133 cm³/mol. The van der Waals surface area contributed by atoms with Crippen LogP contribution in [0.2, 0.25) is 0 Å². The monoisotopic (exact) mass is 493 g/mol. The molecule has 2 aromatic heterocycles. The largest absolute Gasteiger partial charge is 0.497 e. The zero-order valence-corrected chi connectivity index (χ0v) is 20.5. The van der Waals surface area contributed by atoms with Crippen LogP contribution >= 0.6 is 0 Å². The first-order chi connectivity index (χ1) is 17.5. The van der Waals surface area contributed by atoms with Crippen LogP contribution in [-0.4, -0.2) is 37.4 Å². The smallest absolute Gasteiger partial charge is 0.287 e. The Kier molecular flexibility index (Phi) is 8.10. The third-order valence-corrected chi connectivity index (χ3v) is 6.25. The summed E-state index contributed by atoms with van der Waals surface area (Å²) in [5.74, 6) is 0.299. The molecule has 1 saturated carbocycles. The third-order valence-electron chi connectivity index (χ3n) is 6.25. The zero-order chi connectivity index (χ0) is 25.5. The number of benzene rings is 1. The number of rotatable bonds is 9. The molecule has 1 aliphatic carbocycles. The molecular weight excluding hydrogens is 462 g/mol. The van der Waals surface area contributed by atoms with E-state index in [4.69, 9.17) is 13.6 Å². The van der Waals surface area contributed by atoms with Crippen LogP contribution in [0.1, 0.15) is 60.2 Å². The van der Waals surface area contributed by atoms with E-state index in [0.717, 1.165) is 32.1 Å². The number of hydrogen-bond donors (Lipinski definition) is 2. The molecule has 1 atom stereocenters. The minimum Gasteiger partial charge on any atom is -0.497 e. The van der Waals surface area contributed by atoms with Gasteiger partial charge in [-0.05, 0) is 68.3 Å². The Morgan fingerprint density at radius 2 is 1.81 bits per heavy atom. The second kappa shape index (κ2) is 11.6. The fraction of sp³-hybridized carbons (Fsp3) is 0.370. The molecule has 4 rings (SSSR count). The van der Waals surface area contributed by atoms with E-state index in [0.29, 0.717) is 23.0 Å². The molecule has 0 saturated heterocycles. The summed E-state index contributed by atoms with van der Waals surface area (Å²) in [4.78, 5) is 41.1. The number of ether oxygens (including phenoxy) is 1. The van der Waals surface area contributed by atoms with Crippen molar-refractivity contribution in [2.45, 2.75) is 51.1 Å². The van der Waals surface area contributed by atoms with Crippen molar-refractivity contribution in [2.24, 2.45) is 0 Å². The van der Waals surface area contributed by atoms with Gasteiger partial charge in [0.05, 0.1) is 19.9 Å². The van der Waals surface area contributed by atoms with Crippen molar-refractivity contribution in [3.8, 4) is 5.75 Å². The highest BCUT2D eigenvalue weighted by atomic mass is 16.5. The average molecular weight is 494 g/mol. The molecule has 1 fully saturated rings. The highest BCUT2D eigenvalue weighted by Gasteiger charge is 2.36. The molecule has 9 heteroatoms. The molecule has 0 unspecified atom stereocenters. The first-order valence-electron chi connectivity index (χ1n) is 12.1. The van der Waals surface area contributed by atoms with E-state index in [2.05, 4.69) is 10.6 Å². The summed E-state index contributed by atoms with van der Waals surface area (Å²) >= 11 is 0. The van der Waals surface area contributed by atoms with Gasteiger partial charge < -0.3 is 24.2 Å². The molecule has 0 radical (unpaired) electrons. The van der Waals surface area contributed by atoms with E-state index in [9.17, 15) is 14.4 Å². The molecule has 1 aliphatic rings. The lowest BCUT2D eigenvalue weighted by Gasteiger charge is -2.32. The Balaban J connectivity index is 1.65. The van der Waals surface area contributed by atoms with Crippen molar-refractivity contribution in [1.29, 1.82) is 0 Å². The summed E-state index contributed by atoms with van der Waals surface area (Å²) in [6, 6.07) is 12.3. The molecule has 9 nitrogen and oxygen atoms in total. The second-order valence-electron chi connectivity index (χ2n) is 8.82. The van der Waals surface area contributed by atoms with E-state index in [1.807, 2.05) is 0 Å². The van der Waals surface area contributed by atoms with Gasteiger partial charge in [0.1, 0.15) is 17.3 Å². The van der Waals surface area contributed by atoms with E-state index in [1.165, 1.54) is 17.2 Å². The molecule has 0 aliphatic heterocycles. The molecule has 3 aromatic rings. The van der Waals surface area contributed by atoms with Crippen LogP contribution in [0, 0.1) is 6.92 Å². The number of nitrogens with zero attached hydrogens (tertiary/aromatic N) is 1. The van der Waals surface area contributed by atoms with Crippen LogP contribution in [0.15, 0.2) is 63.6 Å². The maximum atomic E-state index is 13.7. The number of carbonyl (C=O) groups is 3. The summed E-state index contributed by atoms with van der Waals surface area (Å²) in [7, 11) is 1.55. The first-order valence-corrected chi connectivity index (χ1v) is 12.1. The van der Waals surface area contributed by atoms with Gasteiger partial charge in [-0.3, -0.25) is 19.3 Å². The van der Waals surface area contributed by atoms with Gasteiger partial charge in [0, 0.05) is 11.7 Å². The number of nitrogens with one attached hydrogen (secondary N) is 2. The number of hydrogen-bond acceptors (Lipinski definition) is 6. The van der Waals surface area contributed by atoms with E-state index in [1.54, 1.807) is 56.5 Å². The lowest BCUT2D eigenvalue weighted by Crippen LogP contribution is -2.49. The third kappa shape index (κ3) is 5.97. The van der Waals surface area contributed by atoms with Crippen molar-refractivity contribution in [1.82, 2.24) is 10.6 Å². The molecule has 1 aromatic carbocycles. The van der Waals surface area contributed by atoms with E-state index < -0.39 is 17.9 Å². The molecule has 36 heavy (non-hydrogen) atoms. The lowest BCUT2D eigenvalue weighted by atomic mass is 9.95. The van der Waals surface area contributed by atoms with Crippen LogP contribution < -0.4 is 20.3 Å². The van der Waals surface area contributed by atoms with Crippen LogP contribution in [0.5, 0.6) is 5.75 Å². The Labute approximate surface area is 209 Å². The number of furan rings is 2. The summed E-state index contributed by atoms with van der Waals surface area (Å²) in [6.07, 6.45) is 6.42. The average Bonchev–Trinajstić information content (AvgIpc) is 3.58. The number of methoxy groups -OCH3 is 1. The molecule has 0 spiro atoms. The molecule has 3 amide bonds. The number of carbonyl (C=O) groups excluding carboxylic acids is 3. The topological polar surface area (TPSA) is 114 Å². The van der Waals surface area contributed by atoms with Crippen LogP contribution in [0.3, 0.4) is 0 Å². The Hall–Kier alpha value is -4.01. The van der Waals surface area contributed by atoms with Gasteiger partial charge in [-0.15, -0.1) is 0 Å². The SMILES string of the molecule is COc1ccc(N(C(=O)CNC(=O)c2ccco2)[C@H](C(=O)NC2CCCCC2)c2ccc(C)o2)cc1. The summed E-state index contributed by atoms with van der Waals surface area (Å²) < 4.78 is 16.2. The van der Waals surface area contributed by atoms with Gasteiger partial charge in [-0.1, -0.05) is 19.3 Å². The van der Waals surface area contributed by atoms with Crippen LogP contribution in [0.25, 0.3) is 0 Å². The fourth-order valence-corrected chi connectivity index (χ4v) is 4.42. The molecular formula is C27H31N3O6. The van der Waals surface area contributed by atoms with Crippen molar-refractivity contribution in [2.75, 3.05) is 18.6 Å². The minimum absolute atomic E-state index is 0.0382. The highest BCUT2D eigenvalue weighted by molar-refractivity contribution is 6.04. The predicted octanol–water partition coefficient (Wildman–Crippen LogP) is 4.14. The van der Waals surface area contributed by atoms with Crippen molar-refractivity contribution < 1.29 is 28.0 Å². The van der Waals surface area contributed by atoms with E-state index >= 15 is 0 Å². The lowest BCUT2D eigenvalue weighted by molar-refractivity contribution is -0.127. The first kappa shape index (κ1) is 25.1. The van der Waals surface area contributed by atoms with E-state index in [-0.39, 0.29) is 24.3 Å². The fourth-order valence-electron chi connectivity index (χ4n) is 4.42. The van der Waals surface area contributed by atoms with Gasteiger partial charge in [0.15, 0.2) is 11.8 Å². The number of anilines is 1. The van der Waals surface area contributed by atoms with Crippen molar-refractivity contribution in [3.63, 3.8) is 0 Å². The Morgan fingerprint density at radius 3 is 2.42 bits per heavy atom. The molecule has 0 bridgehead atoms. The van der Waals surface area contributed by atoms with Gasteiger partial charge >= 0.3 is 0 Å². The minimum atomic E-state index is -1.07. The Bertz CT molecular complexity index is 1160. The van der Waals surface area contributed by atoms with Gasteiger partial charge in [-0.2, -0.15) is 0 Å². The summed E-state index contributed by atoms with van der Waals surface area (Å²) in [6.45, 7) is 1.43. The number of amides is 3. The normalized spacial score (nSPS) is 14.6. The molecule has 2 heterocycles. The second-order valence-corrected chi connectivity index (χ2v) is 8.82. The van der Waals surface area contributed by atoms with Gasteiger partial charge in [0.25, 0.3) is 11.8 Å².